The highest BCUT2D eigenvalue weighted by Gasteiger charge is 2.03. The number of ether oxygens (including phenoxy) is 1. The molecule has 1 aromatic rings. The molecule has 0 aliphatic carbocycles. The number of pyridine rings is 1. The van der Waals surface area contributed by atoms with E-state index in [2.05, 4.69) is 29.0 Å². The maximum atomic E-state index is 5.71. The van der Waals surface area contributed by atoms with Crippen LogP contribution in [0.3, 0.4) is 0 Å². The van der Waals surface area contributed by atoms with Gasteiger partial charge in [-0.3, -0.25) is 0 Å². The van der Waals surface area contributed by atoms with Crippen molar-refractivity contribution in [3.8, 4) is 5.88 Å². The topological polar surface area (TPSA) is 63.4 Å². The quantitative estimate of drug-likeness (QED) is 0.739. The second kappa shape index (κ2) is 7.76. The molecule has 1 aromatic heterocycles. The Kier molecular flexibility index (Phi) is 6.28. The van der Waals surface area contributed by atoms with Crippen LogP contribution in [0.5, 0.6) is 5.88 Å². The maximum Gasteiger partial charge on any atom is 0.238 e. The number of likely N-dealkylation sites (N-methyl/N-ethyl adjacent to an activating group) is 1. The van der Waals surface area contributed by atoms with Crippen molar-refractivity contribution >= 4 is 11.5 Å². The Bertz CT molecular complexity index is 357. The zero-order valence-corrected chi connectivity index (χ0v) is 11.6. The lowest BCUT2D eigenvalue weighted by atomic mass is 10.3. The molecule has 18 heavy (non-hydrogen) atoms. The second-order valence-electron chi connectivity index (χ2n) is 4.16. The van der Waals surface area contributed by atoms with Crippen molar-refractivity contribution in [2.24, 2.45) is 0 Å². The van der Waals surface area contributed by atoms with Crippen molar-refractivity contribution in [1.29, 1.82) is 0 Å². The molecule has 102 valence electrons. The van der Waals surface area contributed by atoms with E-state index in [-0.39, 0.29) is 0 Å². The lowest BCUT2D eigenvalue weighted by Crippen LogP contribution is -2.29. The van der Waals surface area contributed by atoms with Crippen molar-refractivity contribution in [3.05, 3.63) is 12.1 Å². The summed E-state index contributed by atoms with van der Waals surface area (Å²) in [4.78, 5) is 6.69. The molecule has 0 aromatic carbocycles. The summed E-state index contributed by atoms with van der Waals surface area (Å²) in [7, 11) is 1.57. The number of nitrogens with two attached hydrogens (primary N) is 1. The number of methoxy groups -OCH3 is 1. The van der Waals surface area contributed by atoms with Crippen molar-refractivity contribution in [3.63, 3.8) is 0 Å². The van der Waals surface area contributed by atoms with E-state index in [0.29, 0.717) is 11.6 Å². The molecule has 0 unspecified atom stereocenters. The number of aromatic nitrogens is 1. The molecule has 0 saturated carbocycles. The SMILES string of the molecule is CCCN(CC)CCNc1ccc(N)c(OC)n1. The average molecular weight is 252 g/mol. The Labute approximate surface area is 109 Å². The van der Waals surface area contributed by atoms with Crippen LogP contribution in [0, 0.1) is 0 Å². The number of rotatable bonds is 8. The summed E-state index contributed by atoms with van der Waals surface area (Å²) >= 11 is 0. The minimum atomic E-state index is 0.473. The van der Waals surface area contributed by atoms with Crippen molar-refractivity contribution < 1.29 is 4.74 Å². The number of hydrogen-bond donors (Lipinski definition) is 2. The van der Waals surface area contributed by atoms with Gasteiger partial charge in [0.25, 0.3) is 0 Å². The zero-order chi connectivity index (χ0) is 13.4. The van der Waals surface area contributed by atoms with Crippen LogP contribution in [-0.4, -0.2) is 43.2 Å². The molecule has 1 heterocycles. The molecule has 0 aliphatic rings. The van der Waals surface area contributed by atoms with Crippen LogP contribution in [0.2, 0.25) is 0 Å². The summed E-state index contributed by atoms with van der Waals surface area (Å²) in [5.41, 5.74) is 6.27. The minimum absolute atomic E-state index is 0.473. The Hall–Kier alpha value is -1.49. The molecule has 0 radical (unpaired) electrons. The molecule has 0 bridgehead atoms. The van der Waals surface area contributed by atoms with Gasteiger partial charge in [0.2, 0.25) is 5.88 Å². The van der Waals surface area contributed by atoms with Crippen LogP contribution >= 0.6 is 0 Å². The monoisotopic (exact) mass is 252 g/mol. The fourth-order valence-corrected chi connectivity index (χ4v) is 1.80. The third kappa shape index (κ3) is 4.41. The van der Waals surface area contributed by atoms with Gasteiger partial charge in [-0.05, 0) is 31.6 Å². The number of nitrogens with zero attached hydrogens (tertiary/aromatic N) is 2. The van der Waals surface area contributed by atoms with E-state index in [1.54, 1.807) is 13.2 Å². The minimum Gasteiger partial charge on any atom is -0.479 e. The van der Waals surface area contributed by atoms with E-state index in [0.717, 1.165) is 32.0 Å². The first kappa shape index (κ1) is 14.6. The molecule has 0 amide bonds. The van der Waals surface area contributed by atoms with E-state index >= 15 is 0 Å². The van der Waals surface area contributed by atoms with Gasteiger partial charge in [-0.1, -0.05) is 13.8 Å². The highest BCUT2D eigenvalue weighted by atomic mass is 16.5. The largest absolute Gasteiger partial charge is 0.479 e. The fourth-order valence-electron chi connectivity index (χ4n) is 1.80. The standard InChI is InChI=1S/C13H24N4O/c1-4-9-17(5-2)10-8-15-12-7-6-11(14)13(16-12)18-3/h6-7H,4-5,8-10,14H2,1-3H3,(H,15,16). The third-order valence-electron chi connectivity index (χ3n) is 2.80. The molecular formula is C13H24N4O. The molecule has 0 spiro atoms. The lowest BCUT2D eigenvalue weighted by molar-refractivity contribution is 0.300. The van der Waals surface area contributed by atoms with Gasteiger partial charge in [-0.2, -0.15) is 4.98 Å². The molecule has 0 saturated heterocycles. The maximum absolute atomic E-state index is 5.71. The predicted molar refractivity (Wildman–Crippen MR) is 76.1 cm³/mol. The number of anilines is 2. The van der Waals surface area contributed by atoms with Crippen LogP contribution < -0.4 is 15.8 Å². The first-order valence-corrected chi connectivity index (χ1v) is 6.48. The van der Waals surface area contributed by atoms with E-state index in [1.807, 2.05) is 6.07 Å². The Morgan fingerprint density at radius 2 is 2.11 bits per heavy atom. The molecule has 1 rings (SSSR count). The highest BCUT2D eigenvalue weighted by Crippen LogP contribution is 2.19. The van der Waals surface area contributed by atoms with Gasteiger partial charge in [0.05, 0.1) is 12.8 Å². The number of nitrogen functional groups attached to an aromatic ring is 1. The van der Waals surface area contributed by atoms with Gasteiger partial charge in [-0.15, -0.1) is 0 Å². The molecule has 5 heteroatoms. The van der Waals surface area contributed by atoms with Gasteiger partial charge < -0.3 is 20.7 Å². The molecule has 0 fully saturated rings. The third-order valence-corrected chi connectivity index (χ3v) is 2.80. The van der Waals surface area contributed by atoms with Crippen LogP contribution in [0.25, 0.3) is 0 Å². The van der Waals surface area contributed by atoms with Gasteiger partial charge in [-0.25, -0.2) is 0 Å². The van der Waals surface area contributed by atoms with E-state index in [1.165, 1.54) is 6.42 Å². The highest BCUT2D eigenvalue weighted by molar-refractivity contribution is 5.53. The van der Waals surface area contributed by atoms with Crippen molar-refractivity contribution in [2.45, 2.75) is 20.3 Å². The second-order valence-corrected chi connectivity index (χ2v) is 4.16. The summed E-state index contributed by atoms with van der Waals surface area (Å²) in [6.07, 6.45) is 1.18. The van der Waals surface area contributed by atoms with Crippen LogP contribution in [-0.2, 0) is 0 Å². The predicted octanol–water partition coefficient (Wildman–Crippen LogP) is 1.82. The fraction of sp³-hybridized carbons (Fsp3) is 0.615. The summed E-state index contributed by atoms with van der Waals surface area (Å²) in [5.74, 6) is 1.27. The zero-order valence-electron chi connectivity index (χ0n) is 11.6. The number of hydrogen-bond acceptors (Lipinski definition) is 5. The van der Waals surface area contributed by atoms with Crippen LogP contribution in [0.1, 0.15) is 20.3 Å². The van der Waals surface area contributed by atoms with Crippen LogP contribution in [0.15, 0.2) is 12.1 Å². The van der Waals surface area contributed by atoms with Gasteiger partial charge in [0.15, 0.2) is 0 Å². The smallest absolute Gasteiger partial charge is 0.238 e. The van der Waals surface area contributed by atoms with E-state index in [9.17, 15) is 0 Å². The molecule has 5 nitrogen and oxygen atoms in total. The van der Waals surface area contributed by atoms with Gasteiger partial charge >= 0.3 is 0 Å². The van der Waals surface area contributed by atoms with Gasteiger partial charge in [0.1, 0.15) is 5.82 Å². The molecular weight excluding hydrogens is 228 g/mol. The van der Waals surface area contributed by atoms with Crippen LogP contribution in [0.4, 0.5) is 11.5 Å². The molecule has 0 atom stereocenters. The lowest BCUT2D eigenvalue weighted by Gasteiger charge is -2.19. The molecule has 0 aliphatic heterocycles. The summed E-state index contributed by atoms with van der Waals surface area (Å²) in [5, 5.41) is 3.28. The van der Waals surface area contributed by atoms with Crippen molar-refractivity contribution in [2.75, 3.05) is 44.3 Å². The van der Waals surface area contributed by atoms with E-state index in [4.69, 9.17) is 10.5 Å². The summed E-state index contributed by atoms with van der Waals surface area (Å²) in [6.45, 7) is 8.47. The average Bonchev–Trinajstić information content (AvgIpc) is 2.39. The normalized spacial score (nSPS) is 10.7. The van der Waals surface area contributed by atoms with Gasteiger partial charge in [0, 0.05) is 13.1 Å². The first-order chi connectivity index (χ1) is 8.71. The summed E-state index contributed by atoms with van der Waals surface area (Å²) < 4.78 is 5.09. The first-order valence-electron chi connectivity index (χ1n) is 6.48. The Morgan fingerprint density at radius 1 is 1.33 bits per heavy atom. The van der Waals surface area contributed by atoms with E-state index < -0.39 is 0 Å². The molecule has 3 N–H and O–H groups in total. The van der Waals surface area contributed by atoms with Crippen molar-refractivity contribution in [1.82, 2.24) is 9.88 Å². The summed E-state index contributed by atoms with van der Waals surface area (Å²) in [6, 6.07) is 3.67. The number of nitrogens with one attached hydrogen (secondary N) is 1. The Balaban J connectivity index is 2.43. The Morgan fingerprint density at radius 3 is 2.72 bits per heavy atom.